The molecule has 5 rings (SSSR count). The number of rotatable bonds is 5. The zero-order valence-corrected chi connectivity index (χ0v) is 18.6. The van der Waals surface area contributed by atoms with Crippen molar-refractivity contribution in [3.8, 4) is 39.6 Å². The van der Waals surface area contributed by atoms with Crippen molar-refractivity contribution < 1.29 is 15.3 Å². The summed E-state index contributed by atoms with van der Waals surface area (Å²) in [5.74, 6) is -0.696. The van der Waals surface area contributed by atoms with Crippen LogP contribution in [0.4, 0.5) is 0 Å². The molecule has 0 unspecified atom stereocenters. The quantitative estimate of drug-likeness (QED) is 0.202. The van der Waals surface area contributed by atoms with Crippen molar-refractivity contribution in [2.75, 3.05) is 0 Å². The molecule has 0 fully saturated rings. The minimum Gasteiger partial charge on any atom is -0.504 e. The average Bonchev–Trinajstić information content (AvgIpc) is 2.88. The fraction of sp³-hybridized carbons (Fsp3) is 0.0345. The summed E-state index contributed by atoms with van der Waals surface area (Å²) in [6.07, 6.45) is 1.50. The van der Waals surface area contributed by atoms with E-state index in [9.17, 15) is 20.1 Å². The average molecular weight is 463 g/mol. The molecule has 5 aromatic rings. The normalized spacial score (nSPS) is 11.3. The SMILES string of the molecule is O=c1[nH]c(O)c(C=NCc2ccc(O)c(O)c2)c2cc(-c3cccc(-c4ccccc4)c3)ccc12. The molecule has 0 radical (unpaired) electrons. The third-order valence-corrected chi connectivity index (χ3v) is 5.88. The molecule has 0 saturated heterocycles. The minimum atomic E-state index is -0.386. The number of fused-ring (bicyclic) bond motifs is 1. The second-order valence-corrected chi connectivity index (χ2v) is 8.22. The molecule has 0 spiro atoms. The summed E-state index contributed by atoms with van der Waals surface area (Å²) in [6, 6.07) is 28.2. The van der Waals surface area contributed by atoms with Crippen LogP contribution in [0.3, 0.4) is 0 Å². The molecular weight excluding hydrogens is 440 g/mol. The van der Waals surface area contributed by atoms with Gasteiger partial charge in [0.1, 0.15) is 0 Å². The fourth-order valence-corrected chi connectivity index (χ4v) is 4.06. The van der Waals surface area contributed by atoms with Crippen LogP contribution in [0.5, 0.6) is 17.4 Å². The van der Waals surface area contributed by atoms with Crippen LogP contribution in [-0.4, -0.2) is 26.5 Å². The number of phenols is 2. The summed E-state index contributed by atoms with van der Waals surface area (Å²) < 4.78 is 0. The molecule has 1 heterocycles. The van der Waals surface area contributed by atoms with Gasteiger partial charge in [-0.15, -0.1) is 0 Å². The van der Waals surface area contributed by atoms with Crippen LogP contribution in [0.1, 0.15) is 11.1 Å². The van der Waals surface area contributed by atoms with Gasteiger partial charge in [0.15, 0.2) is 11.5 Å². The molecule has 0 atom stereocenters. The lowest BCUT2D eigenvalue weighted by molar-refractivity contribution is 0.403. The molecule has 6 heteroatoms. The van der Waals surface area contributed by atoms with E-state index < -0.39 is 0 Å². The number of aromatic amines is 1. The van der Waals surface area contributed by atoms with E-state index >= 15 is 0 Å². The predicted molar refractivity (Wildman–Crippen MR) is 138 cm³/mol. The maximum absolute atomic E-state index is 12.5. The second kappa shape index (κ2) is 9.19. The van der Waals surface area contributed by atoms with E-state index in [0.29, 0.717) is 21.9 Å². The van der Waals surface area contributed by atoms with Crippen molar-refractivity contribution in [3.63, 3.8) is 0 Å². The highest BCUT2D eigenvalue weighted by molar-refractivity contribution is 6.02. The highest BCUT2D eigenvalue weighted by Crippen LogP contribution is 2.30. The Hall–Kier alpha value is -4.84. The molecule has 6 nitrogen and oxygen atoms in total. The molecule has 0 aliphatic heterocycles. The van der Waals surface area contributed by atoms with Crippen LogP contribution in [0.2, 0.25) is 0 Å². The molecule has 0 bridgehead atoms. The van der Waals surface area contributed by atoms with Crippen molar-refractivity contribution in [3.05, 3.63) is 112 Å². The zero-order chi connectivity index (χ0) is 24.4. The summed E-state index contributed by atoms with van der Waals surface area (Å²) >= 11 is 0. The molecule has 172 valence electrons. The van der Waals surface area contributed by atoms with Gasteiger partial charge in [-0.05, 0) is 58.1 Å². The largest absolute Gasteiger partial charge is 0.504 e. The first-order valence-corrected chi connectivity index (χ1v) is 11.0. The first kappa shape index (κ1) is 22.0. The van der Waals surface area contributed by atoms with E-state index in [-0.39, 0.29) is 29.5 Å². The van der Waals surface area contributed by atoms with E-state index in [4.69, 9.17) is 0 Å². The second-order valence-electron chi connectivity index (χ2n) is 8.22. The van der Waals surface area contributed by atoms with Crippen molar-refractivity contribution in [2.24, 2.45) is 4.99 Å². The van der Waals surface area contributed by atoms with Crippen molar-refractivity contribution in [2.45, 2.75) is 6.54 Å². The van der Waals surface area contributed by atoms with Gasteiger partial charge in [-0.2, -0.15) is 0 Å². The van der Waals surface area contributed by atoms with E-state index in [2.05, 4.69) is 34.2 Å². The maximum Gasteiger partial charge on any atom is 0.258 e. The van der Waals surface area contributed by atoms with Crippen LogP contribution >= 0.6 is 0 Å². The first-order valence-electron chi connectivity index (χ1n) is 11.0. The summed E-state index contributed by atoms with van der Waals surface area (Å²) in [5, 5.41) is 30.7. The molecule has 4 aromatic carbocycles. The molecule has 0 amide bonds. The van der Waals surface area contributed by atoms with E-state index in [1.807, 2.05) is 42.5 Å². The summed E-state index contributed by atoms with van der Waals surface area (Å²) in [4.78, 5) is 19.3. The van der Waals surface area contributed by atoms with Gasteiger partial charge >= 0.3 is 0 Å². The standard InChI is InChI=1S/C29H22N2O4/c32-26-12-9-18(13-27(26)33)16-30-17-25-24-15-22(10-11-23(24)28(34)31-29(25)35)21-8-4-7-20(14-21)19-5-2-1-3-6-19/h1-15,17,32-33H,16H2,(H2,31,34,35). The number of hydrogen-bond acceptors (Lipinski definition) is 5. The van der Waals surface area contributed by atoms with Gasteiger partial charge in [0.2, 0.25) is 5.88 Å². The maximum atomic E-state index is 12.5. The molecule has 1 aromatic heterocycles. The predicted octanol–water partition coefficient (Wildman–Crippen LogP) is 5.60. The minimum absolute atomic E-state index is 0.203. The van der Waals surface area contributed by atoms with Crippen LogP contribution in [0.25, 0.3) is 33.0 Å². The zero-order valence-electron chi connectivity index (χ0n) is 18.6. The van der Waals surface area contributed by atoms with Gasteiger partial charge in [-0.3, -0.25) is 14.8 Å². The lowest BCUT2D eigenvalue weighted by atomic mass is 9.96. The van der Waals surface area contributed by atoms with Crippen molar-refractivity contribution >= 4 is 17.0 Å². The number of aliphatic imine (C=N–C) groups is 1. The Bertz CT molecular complexity index is 1620. The van der Waals surface area contributed by atoms with Gasteiger partial charge < -0.3 is 15.3 Å². The van der Waals surface area contributed by atoms with Gasteiger partial charge in [-0.1, -0.05) is 60.7 Å². The number of nitrogens with zero attached hydrogens (tertiary/aromatic N) is 1. The third kappa shape index (κ3) is 4.50. The van der Waals surface area contributed by atoms with E-state index in [0.717, 1.165) is 22.3 Å². The van der Waals surface area contributed by atoms with Crippen molar-refractivity contribution in [1.29, 1.82) is 0 Å². The molecule has 0 aliphatic rings. The number of aromatic hydroxyl groups is 3. The van der Waals surface area contributed by atoms with Crippen LogP contribution in [0.15, 0.2) is 101 Å². The molecule has 0 aliphatic carbocycles. The van der Waals surface area contributed by atoms with Gasteiger partial charge in [0.25, 0.3) is 5.56 Å². The number of aromatic nitrogens is 1. The molecule has 4 N–H and O–H groups in total. The van der Waals surface area contributed by atoms with Crippen LogP contribution in [-0.2, 0) is 6.54 Å². The van der Waals surface area contributed by atoms with E-state index in [1.54, 1.807) is 12.1 Å². The Balaban J connectivity index is 1.55. The van der Waals surface area contributed by atoms with Crippen LogP contribution < -0.4 is 5.56 Å². The Labute approximate surface area is 201 Å². The van der Waals surface area contributed by atoms with Gasteiger partial charge in [-0.25, -0.2) is 0 Å². The number of phenolic OH excluding ortho intramolecular Hbond substituents is 2. The Morgan fingerprint density at radius 1 is 0.686 bits per heavy atom. The number of nitrogens with one attached hydrogen (secondary N) is 1. The number of pyridine rings is 1. The fourth-order valence-electron chi connectivity index (χ4n) is 4.06. The highest BCUT2D eigenvalue weighted by Gasteiger charge is 2.12. The lowest BCUT2D eigenvalue weighted by Crippen LogP contribution is -2.08. The first-order chi connectivity index (χ1) is 17.0. The van der Waals surface area contributed by atoms with Crippen molar-refractivity contribution in [1.82, 2.24) is 4.98 Å². The highest BCUT2D eigenvalue weighted by atomic mass is 16.3. The Morgan fingerprint density at radius 3 is 2.17 bits per heavy atom. The smallest absolute Gasteiger partial charge is 0.258 e. The summed E-state index contributed by atoms with van der Waals surface area (Å²) in [7, 11) is 0. The topological polar surface area (TPSA) is 106 Å². The number of hydrogen-bond donors (Lipinski definition) is 4. The monoisotopic (exact) mass is 462 g/mol. The van der Waals surface area contributed by atoms with Gasteiger partial charge in [0, 0.05) is 17.0 Å². The molecule has 0 saturated carbocycles. The Morgan fingerprint density at radius 2 is 1.40 bits per heavy atom. The molecular formula is C29H22N2O4. The van der Waals surface area contributed by atoms with Crippen LogP contribution in [0, 0.1) is 0 Å². The third-order valence-electron chi connectivity index (χ3n) is 5.88. The van der Waals surface area contributed by atoms with E-state index in [1.165, 1.54) is 18.3 Å². The molecule has 35 heavy (non-hydrogen) atoms. The summed E-state index contributed by atoms with van der Waals surface area (Å²) in [5.41, 5.74) is 4.76. The summed E-state index contributed by atoms with van der Waals surface area (Å²) in [6.45, 7) is 0.215. The number of H-pyrrole nitrogens is 1. The van der Waals surface area contributed by atoms with Gasteiger partial charge in [0.05, 0.1) is 12.1 Å². The number of benzene rings is 4. The lowest BCUT2D eigenvalue weighted by Gasteiger charge is -2.09. The Kier molecular flexibility index (Phi) is 5.77.